The molecule has 0 saturated carbocycles. The van der Waals surface area contributed by atoms with Gasteiger partial charge in [0.1, 0.15) is 0 Å². The minimum atomic E-state index is -0.490. The lowest BCUT2D eigenvalue weighted by Gasteiger charge is -2.16. The minimum absolute atomic E-state index is 0.144. The lowest BCUT2D eigenvalue weighted by molar-refractivity contribution is -0.385. The van der Waals surface area contributed by atoms with Crippen molar-refractivity contribution in [1.29, 1.82) is 0 Å². The normalized spacial score (nSPS) is 11.0. The number of ether oxygens (including phenoxy) is 5. The Morgan fingerprint density at radius 2 is 1.54 bits per heavy atom. The van der Waals surface area contributed by atoms with E-state index in [0.717, 1.165) is 0 Å². The summed E-state index contributed by atoms with van der Waals surface area (Å²) in [5, 5.41) is 11.4. The number of nitro benzene ring substituents is 1. The first-order valence-corrected chi connectivity index (χ1v) is 8.45. The molecule has 2 aromatic carbocycles. The van der Waals surface area contributed by atoms with Gasteiger partial charge in [0, 0.05) is 11.6 Å². The number of hydrogen-bond acceptors (Lipinski definition) is 7. The number of nitrogens with zero attached hydrogens (tertiary/aromatic N) is 1. The topological polar surface area (TPSA) is 89.3 Å². The summed E-state index contributed by atoms with van der Waals surface area (Å²) in [5.41, 5.74) is 1.74. The molecule has 0 spiro atoms. The predicted octanol–water partition coefficient (Wildman–Crippen LogP) is 4.05. The van der Waals surface area contributed by atoms with Crippen molar-refractivity contribution in [3.63, 3.8) is 0 Å². The predicted molar refractivity (Wildman–Crippen MR) is 104 cm³/mol. The van der Waals surface area contributed by atoms with E-state index in [0.29, 0.717) is 40.6 Å². The van der Waals surface area contributed by atoms with Gasteiger partial charge in [-0.15, -0.1) is 0 Å². The van der Waals surface area contributed by atoms with Crippen LogP contribution in [0.1, 0.15) is 18.1 Å². The summed E-state index contributed by atoms with van der Waals surface area (Å²) < 4.78 is 26.7. The maximum absolute atomic E-state index is 11.4. The fourth-order valence-electron chi connectivity index (χ4n) is 2.71. The first-order valence-electron chi connectivity index (χ1n) is 8.45. The fourth-order valence-corrected chi connectivity index (χ4v) is 2.71. The molecule has 0 bridgehead atoms. The molecule has 0 aromatic heterocycles. The zero-order valence-corrected chi connectivity index (χ0v) is 16.5. The molecule has 0 atom stereocenters. The molecule has 0 N–H and O–H groups in total. The molecule has 2 rings (SSSR count). The Labute approximate surface area is 163 Å². The average molecular weight is 389 g/mol. The second-order valence-corrected chi connectivity index (χ2v) is 5.54. The van der Waals surface area contributed by atoms with Gasteiger partial charge < -0.3 is 23.7 Å². The third-order valence-corrected chi connectivity index (χ3v) is 4.03. The standard InChI is InChI=1S/C20H23NO7/c1-6-28-12-15(13-7-8-17(24-2)16(9-13)21(22)23)14-10-18(25-3)20(27-5)19(11-14)26-4/h7-12H,6H2,1-5H3/b15-12+. The first-order chi connectivity index (χ1) is 13.5. The van der Waals surface area contributed by atoms with E-state index in [1.54, 1.807) is 30.5 Å². The molecule has 0 aliphatic rings. The van der Waals surface area contributed by atoms with Gasteiger partial charge in [-0.05, 0) is 36.2 Å². The zero-order valence-electron chi connectivity index (χ0n) is 16.5. The van der Waals surface area contributed by atoms with E-state index < -0.39 is 4.92 Å². The van der Waals surface area contributed by atoms with Gasteiger partial charge in [-0.25, -0.2) is 0 Å². The summed E-state index contributed by atoms with van der Waals surface area (Å²) in [7, 11) is 5.94. The Morgan fingerprint density at radius 1 is 0.929 bits per heavy atom. The summed E-state index contributed by atoms with van der Waals surface area (Å²) in [4.78, 5) is 10.9. The monoisotopic (exact) mass is 389 g/mol. The van der Waals surface area contributed by atoms with Crippen LogP contribution in [0.4, 0.5) is 5.69 Å². The fraction of sp³-hybridized carbons (Fsp3) is 0.300. The van der Waals surface area contributed by atoms with Crippen LogP contribution in [0.5, 0.6) is 23.0 Å². The first kappa shape index (κ1) is 20.9. The highest BCUT2D eigenvalue weighted by atomic mass is 16.6. The quantitative estimate of drug-likeness (QED) is 0.363. The van der Waals surface area contributed by atoms with Crippen molar-refractivity contribution in [2.24, 2.45) is 0 Å². The molecule has 0 fully saturated rings. The van der Waals surface area contributed by atoms with Gasteiger partial charge in [-0.2, -0.15) is 0 Å². The van der Waals surface area contributed by atoms with Crippen LogP contribution in [0.25, 0.3) is 5.57 Å². The van der Waals surface area contributed by atoms with Gasteiger partial charge in [-0.1, -0.05) is 6.07 Å². The molecular weight excluding hydrogens is 366 g/mol. The average Bonchev–Trinajstić information content (AvgIpc) is 2.72. The van der Waals surface area contributed by atoms with E-state index >= 15 is 0 Å². The highest BCUT2D eigenvalue weighted by Gasteiger charge is 2.20. The number of hydrogen-bond donors (Lipinski definition) is 0. The van der Waals surface area contributed by atoms with E-state index in [2.05, 4.69) is 0 Å². The molecule has 0 radical (unpaired) electrons. The molecule has 150 valence electrons. The highest BCUT2D eigenvalue weighted by molar-refractivity contribution is 5.83. The van der Waals surface area contributed by atoms with Crippen molar-refractivity contribution in [3.8, 4) is 23.0 Å². The van der Waals surface area contributed by atoms with Gasteiger partial charge >= 0.3 is 5.69 Å². The van der Waals surface area contributed by atoms with E-state index in [4.69, 9.17) is 23.7 Å². The van der Waals surface area contributed by atoms with Crippen molar-refractivity contribution in [1.82, 2.24) is 0 Å². The summed E-state index contributed by atoms with van der Waals surface area (Å²) in [5.74, 6) is 1.55. The molecule has 0 unspecified atom stereocenters. The summed E-state index contributed by atoms with van der Waals surface area (Å²) >= 11 is 0. The lowest BCUT2D eigenvalue weighted by Crippen LogP contribution is -1.99. The SMILES string of the molecule is CCO/C=C(/c1cc(OC)c(OC)c(OC)c1)c1ccc(OC)c([N+](=O)[O-])c1. The number of rotatable bonds is 9. The molecule has 0 aliphatic carbocycles. The van der Waals surface area contributed by atoms with Crippen molar-refractivity contribution < 1.29 is 28.6 Å². The van der Waals surface area contributed by atoms with Crippen molar-refractivity contribution >= 4 is 11.3 Å². The molecule has 0 amide bonds. The largest absolute Gasteiger partial charge is 0.501 e. The van der Waals surface area contributed by atoms with E-state index in [9.17, 15) is 10.1 Å². The second kappa shape index (κ2) is 9.50. The molecular formula is C20H23NO7. The summed E-state index contributed by atoms with van der Waals surface area (Å²) in [6, 6.07) is 8.21. The van der Waals surface area contributed by atoms with Crippen LogP contribution in [0.3, 0.4) is 0 Å². The molecule has 8 nitrogen and oxygen atoms in total. The van der Waals surface area contributed by atoms with E-state index in [1.165, 1.54) is 34.5 Å². The third-order valence-electron chi connectivity index (χ3n) is 4.03. The van der Waals surface area contributed by atoms with Crippen molar-refractivity contribution in [2.75, 3.05) is 35.0 Å². The van der Waals surface area contributed by atoms with Gasteiger partial charge in [0.15, 0.2) is 17.2 Å². The Morgan fingerprint density at radius 3 is 2.00 bits per heavy atom. The smallest absolute Gasteiger partial charge is 0.311 e. The van der Waals surface area contributed by atoms with Gasteiger partial charge in [0.05, 0.1) is 46.2 Å². The van der Waals surface area contributed by atoms with Gasteiger partial charge in [0.25, 0.3) is 0 Å². The Kier molecular flexibility index (Phi) is 7.08. The number of nitro groups is 1. The van der Waals surface area contributed by atoms with Crippen molar-refractivity contribution in [2.45, 2.75) is 6.92 Å². The van der Waals surface area contributed by atoms with E-state index in [1.807, 2.05) is 6.92 Å². The summed E-state index contributed by atoms with van der Waals surface area (Å²) in [6.45, 7) is 2.28. The van der Waals surface area contributed by atoms with Crippen LogP contribution in [-0.4, -0.2) is 40.0 Å². The number of methoxy groups -OCH3 is 4. The molecule has 0 saturated heterocycles. The maximum atomic E-state index is 11.4. The van der Waals surface area contributed by atoms with Gasteiger partial charge in [0.2, 0.25) is 5.75 Å². The molecule has 28 heavy (non-hydrogen) atoms. The third kappa shape index (κ3) is 4.28. The van der Waals surface area contributed by atoms with Crippen LogP contribution in [0, 0.1) is 10.1 Å². The van der Waals surface area contributed by atoms with Crippen LogP contribution >= 0.6 is 0 Å². The highest BCUT2D eigenvalue weighted by Crippen LogP contribution is 2.42. The number of benzene rings is 2. The van der Waals surface area contributed by atoms with Crippen LogP contribution in [0.2, 0.25) is 0 Å². The van der Waals surface area contributed by atoms with Crippen LogP contribution in [-0.2, 0) is 4.74 Å². The minimum Gasteiger partial charge on any atom is -0.501 e. The second-order valence-electron chi connectivity index (χ2n) is 5.54. The van der Waals surface area contributed by atoms with Crippen LogP contribution in [0.15, 0.2) is 36.6 Å². The van der Waals surface area contributed by atoms with Crippen molar-refractivity contribution in [3.05, 3.63) is 57.8 Å². The molecule has 0 heterocycles. The lowest BCUT2D eigenvalue weighted by atomic mass is 9.97. The molecule has 2 aromatic rings. The van der Waals surface area contributed by atoms with E-state index in [-0.39, 0.29) is 11.4 Å². The molecule has 8 heteroatoms. The Bertz CT molecular complexity index is 852. The van der Waals surface area contributed by atoms with Gasteiger partial charge in [-0.3, -0.25) is 10.1 Å². The molecule has 0 aliphatic heterocycles. The van der Waals surface area contributed by atoms with Crippen LogP contribution < -0.4 is 18.9 Å². The Balaban J connectivity index is 2.69. The maximum Gasteiger partial charge on any atom is 0.311 e. The Hall–Kier alpha value is -3.42. The zero-order chi connectivity index (χ0) is 20.7. The summed E-state index contributed by atoms with van der Waals surface area (Å²) in [6.07, 6.45) is 1.55.